The summed E-state index contributed by atoms with van der Waals surface area (Å²) in [7, 11) is 0. The molecular formula is C22H25ClN2O2S. The molecule has 0 aliphatic carbocycles. The topological polar surface area (TPSA) is 40.6 Å². The number of carbonyl (C=O) groups is 2. The zero-order chi connectivity index (χ0) is 20.3. The summed E-state index contributed by atoms with van der Waals surface area (Å²) in [5.74, 6) is -0.326. The maximum absolute atomic E-state index is 13.3. The summed E-state index contributed by atoms with van der Waals surface area (Å²) >= 11 is 7.72. The Bertz CT molecular complexity index is 877. The van der Waals surface area contributed by atoms with E-state index in [9.17, 15) is 9.59 Å². The van der Waals surface area contributed by atoms with Gasteiger partial charge >= 0.3 is 0 Å². The van der Waals surface area contributed by atoms with Crippen LogP contribution >= 0.6 is 22.9 Å². The Hall–Kier alpha value is -2.11. The van der Waals surface area contributed by atoms with Gasteiger partial charge in [0.15, 0.2) is 0 Å². The normalized spacial score (nSPS) is 17.0. The first kappa shape index (κ1) is 20.6. The third-order valence-electron chi connectivity index (χ3n) is 5.10. The number of halogens is 1. The van der Waals surface area contributed by atoms with E-state index in [1.165, 1.54) is 15.3 Å². The first-order valence-corrected chi connectivity index (χ1v) is 10.7. The molecule has 0 radical (unpaired) electrons. The van der Waals surface area contributed by atoms with Gasteiger partial charge in [-0.1, -0.05) is 30.3 Å². The molecule has 1 aromatic carbocycles. The third kappa shape index (κ3) is 4.15. The van der Waals surface area contributed by atoms with E-state index in [0.717, 1.165) is 17.5 Å². The van der Waals surface area contributed by atoms with Crippen LogP contribution in [0.1, 0.15) is 34.5 Å². The number of aryl methyl sites for hydroxylation is 1. The van der Waals surface area contributed by atoms with Crippen molar-refractivity contribution in [3.8, 4) is 0 Å². The lowest BCUT2D eigenvalue weighted by Gasteiger charge is -2.38. The Balaban J connectivity index is 1.93. The van der Waals surface area contributed by atoms with Crippen LogP contribution in [-0.2, 0) is 16.0 Å². The third-order valence-corrected chi connectivity index (χ3v) is 6.28. The summed E-state index contributed by atoms with van der Waals surface area (Å²) in [5, 5.41) is 1.41. The number of hydrogen-bond donors (Lipinski definition) is 0. The number of benzene rings is 1. The van der Waals surface area contributed by atoms with Gasteiger partial charge in [-0.3, -0.25) is 9.59 Å². The van der Waals surface area contributed by atoms with Gasteiger partial charge in [-0.15, -0.1) is 29.5 Å². The molecule has 0 saturated carbocycles. The highest BCUT2D eigenvalue weighted by molar-refractivity contribution is 7.10. The summed E-state index contributed by atoms with van der Waals surface area (Å²) in [6.07, 6.45) is 2.46. The molecule has 28 heavy (non-hydrogen) atoms. The van der Waals surface area contributed by atoms with E-state index >= 15 is 0 Å². The van der Waals surface area contributed by atoms with Crippen molar-refractivity contribution in [2.45, 2.75) is 31.7 Å². The van der Waals surface area contributed by atoms with Crippen molar-refractivity contribution in [3.63, 3.8) is 0 Å². The van der Waals surface area contributed by atoms with E-state index in [1.807, 2.05) is 17.0 Å². The van der Waals surface area contributed by atoms with Gasteiger partial charge in [0.25, 0.3) is 0 Å². The standard InChI is InChI=1S/C22H25ClN2O2S/c1-4-11-24(22(27)16(3)23)14-20(26)25-12-9-19-18(10-13-28-19)21(25)17-8-6-5-7-15(17)2/h4-8,10,13,16,21H,1,9,11-12,14H2,2-3H3/t16-,21+/m1/s1. The van der Waals surface area contributed by atoms with Crippen molar-refractivity contribution < 1.29 is 9.59 Å². The summed E-state index contributed by atoms with van der Waals surface area (Å²) < 4.78 is 0. The SMILES string of the molecule is C=CCN(CC(=O)N1CCc2sccc2[C@@H]1c1ccccc1C)C(=O)[C@@H](C)Cl. The fraction of sp³-hybridized carbons (Fsp3) is 0.364. The number of rotatable bonds is 6. The minimum absolute atomic E-state index is 0.00374. The van der Waals surface area contributed by atoms with Crippen LogP contribution in [-0.4, -0.2) is 46.6 Å². The number of carbonyl (C=O) groups excluding carboxylic acids is 2. The van der Waals surface area contributed by atoms with Crippen LogP contribution in [0.15, 0.2) is 48.4 Å². The lowest BCUT2D eigenvalue weighted by Crippen LogP contribution is -2.48. The number of thiophene rings is 1. The van der Waals surface area contributed by atoms with Crippen molar-refractivity contribution >= 4 is 34.8 Å². The highest BCUT2D eigenvalue weighted by Gasteiger charge is 2.34. The van der Waals surface area contributed by atoms with Crippen LogP contribution in [0.25, 0.3) is 0 Å². The second-order valence-corrected chi connectivity index (χ2v) is 8.67. The van der Waals surface area contributed by atoms with Crippen LogP contribution in [0.2, 0.25) is 0 Å². The average molecular weight is 417 g/mol. The van der Waals surface area contributed by atoms with Gasteiger partial charge in [-0.05, 0) is 48.4 Å². The molecule has 1 aliphatic heterocycles. The molecule has 0 bridgehead atoms. The Kier molecular flexibility index (Phi) is 6.57. The quantitative estimate of drug-likeness (QED) is 0.523. The number of fused-ring (bicyclic) bond motifs is 1. The lowest BCUT2D eigenvalue weighted by atomic mass is 9.90. The fourth-order valence-corrected chi connectivity index (χ4v) is 4.75. The maximum Gasteiger partial charge on any atom is 0.243 e. The van der Waals surface area contributed by atoms with Gasteiger partial charge in [0.1, 0.15) is 11.9 Å². The Morgan fingerprint density at radius 2 is 2.11 bits per heavy atom. The number of hydrogen-bond acceptors (Lipinski definition) is 3. The van der Waals surface area contributed by atoms with E-state index in [0.29, 0.717) is 13.1 Å². The Morgan fingerprint density at radius 3 is 2.79 bits per heavy atom. The predicted molar refractivity (Wildman–Crippen MR) is 115 cm³/mol. The predicted octanol–water partition coefficient (Wildman–Crippen LogP) is 4.17. The molecule has 2 heterocycles. The van der Waals surface area contributed by atoms with E-state index < -0.39 is 5.38 Å². The van der Waals surface area contributed by atoms with E-state index in [4.69, 9.17) is 11.6 Å². The minimum Gasteiger partial charge on any atom is -0.330 e. The highest BCUT2D eigenvalue weighted by Crippen LogP contribution is 2.38. The van der Waals surface area contributed by atoms with Crippen LogP contribution in [0, 0.1) is 6.92 Å². The summed E-state index contributed by atoms with van der Waals surface area (Å²) in [6, 6.07) is 10.2. The summed E-state index contributed by atoms with van der Waals surface area (Å²) in [4.78, 5) is 30.4. The largest absolute Gasteiger partial charge is 0.330 e. The smallest absolute Gasteiger partial charge is 0.243 e. The van der Waals surface area contributed by atoms with Gasteiger partial charge in [-0.2, -0.15) is 0 Å². The van der Waals surface area contributed by atoms with Gasteiger partial charge in [-0.25, -0.2) is 0 Å². The molecule has 0 fully saturated rings. The van der Waals surface area contributed by atoms with Gasteiger partial charge in [0, 0.05) is 18.0 Å². The molecule has 3 rings (SSSR count). The Labute approximate surface area is 175 Å². The molecule has 0 saturated heterocycles. The molecule has 2 aromatic rings. The molecule has 6 heteroatoms. The van der Waals surface area contributed by atoms with E-state index in [-0.39, 0.29) is 24.4 Å². The number of alkyl halides is 1. The van der Waals surface area contributed by atoms with Crippen molar-refractivity contribution in [1.29, 1.82) is 0 Å². The second kappa shape index (κ2) is 8.93. The van der Waals surface area contributed by atoms with Gasteiger partial charge < -0.3 is 9.80 Å². The molecule has 1 aromatic heterocycles. The van der Waals surface area contributed by atoms with E-state index in [1.54, 1.807) is 24.3 Å². The zero-order valence-electron chi connectivity index (χ0n) is 16.2. The van der Waals surface area contributed by atoms with Gasteiger partial charge in [0.05, 0.1) is 6.04 Å². The van der Waals surface area contributed by atoms with Crippen LogP contribution in [0.4, 0.5) is 0 Å². The molecule has 1 aliphatic rings. The monoisotopic (exact) mass is 416 g/mol. The number of nitrogens with zero attached hydrogens (tertiary/aromatic N) is 2. The summed E-state index contributed by atoms with van der Waals surface area (Å²) in [5.41, 5.74) is 3.46. The van der Waals surface area contributed by atoms with Crippen molar-refractivity contribution in [2.24, 2.45) is 0 Å². The minimum atomic E-state index is -0.676. The fourth-order valence-electron chi connectivity index (χ4n) is 3.71. The molecule has 0 unspecified atom stereocenters. The average Bonchev–Trinajstić information content (AvgIpc) is 3.15. The Morgan fingerprint density at radius 1 is 1.36 bits per heavy atom. The lowest BCUT2D eigenvalue weighted by molar-refractivity contribution is -0.141. The molecule has 2 amide bonds. The van der Waals surface area contributed by atoms with Crippen molar-refractivity contribution in [2.75, 3.05) is 19.6 Å². The highest BCUT2D eigenvalue weighted by atomic mass is 35.5. The van der Waals surface area contributed by atoms with Crippen LogP contribution in [0.5, 0.6) is 0 Å². The first-order chi connectivity index (χ1) is 13.4. The first-order valence-electron chi connectivity index (χ1n) is 9.39. The second-order valence-electron chi connectivity index (χ2n) is 7.02. The molecule has 2 atom stereocenters. The molecule has 148 valence electrons. The van der Waals surface area contributed by atoms with Crippen LogP contribution < -0.4 is 0 Å². The number of amides is 2. The zero-order valence-corrected chi connectivity index (χ0v) is 17.8. The molecule has 4 nitrogen and oxygen atoms in total. The van der Waals surface area contributed by atoms with Gasteiger partial charge in [0.2, 0.25) is 11.8 Å². The maximum atomic E-state index is 13.3. The summed E-state index contributed by atoms with van der Waals surface area (Å²) in [6.45, 7) is 8.33. The van der Waals surface area contributed by atoms with E-state index in [2.05, 4.69) is 37.1 Å². The van der Waals surface area contributed by atoms with Crippen molar-refractivity contribution in [3.05, 3.63) is 69.9 Å². The molecular weight excluding hydrogens is 392 g/mol. The van der Waals surface area contributed by atoms with Crippen molar-refractivity contribution in [1.82, 2.24) is 9.80 Å². The van der Waals surface area contributed by atoms with Crippen LogP contribution in [0.3, 0.4) is 0 Å². The molecule has 0 N–H and O–H groups in total. The molecule has 0 spiro atoms.